The molecule has 47 heavy (non-hydrogen) atoms. The zero-order valence-electron chi connectivity index (χ0n) is 28.5. The van der Waals surface area contributed by atoms with Crippen LogP contribution in [0.2, 0.25) is 25.7 Å². The van der Waals surface area contributed by atoms with Crippen LogP contribution in [0.1, 0.15) is 69.7 Å². The van der Waals surface area contributed by atoms with Crippen LogP contribution < -0.4 is 4.90 Å². The largest absolute Gasteiger partial charge is 0.444 e. The summed E-state index contributed by atoms with van der Waals surface area (Å²) in [5, 5.41) is 9.92. The quantitative estimate of drug-likeness (QED) is 0.172. The molecule has 0 bridgehead atoms. The smallest absolute Gasteiger partial charge is 0.410 e. The zero-order chi connectivity index (χ0) is 34.6. The molecule has 1 fully saturated rings. The van der Waals surface area contributed by atoms with Gasteiger partial charge < -0.3 is 23.8 Å². The lowest BCUT2D eigenvalue weighted by Gasteiger charge is -2.45. The number of rotatable bonds is 12. The molecule has 0 atom stereocenters. The van der Waals surface area contributed by atoms with Crippen LogP contribution >= 0.6 is 0 Å². The number of alkyl halides is 3. The molecule has 0 saturated heterocycles. The molecule has 0 N–H and O–H groups in total. The van der Waals surface area contributed by atoms with Gasteiger partial charge in [-0.1, -0.05) is 19.6 Å². The number of amides is 2. The molecule has 2 amide bonds. The fourth-order valence-corrected chi connectivity index (χ4v) is 7.00. The number of nitrogens with zero attached hydrogens (tertiary/aromatic N) is 6. The molecule has 0 radical (unpaired) electrons. The van der Waals surface area contributed by atoms with Gasteiger partial charge in [-0.2, -0.15) is 18.4 Å². The van der Waals surface area contributed by atoms with Gasteiger partial charge in [0.25, 0.3) is 5.91 Å². The Morgan fingerprint density at radius 3 is 2.49 bits per heavy atom. The second-order valence-electron chi connectivity index (χ2n) is 15.0. The van der Waals surface area contributed by atoms with Crippen LogP contribution in [0.5, 0.6) is 0 Å². The lowest BCUT2D eigenvalue weighted by Crippen LogP contribution is -2.52. The Bertz CT molecular complexity index is 1440. The first-order valence-corrected chi connectivity index (χ1v) is 20.2. The summed E-state index contributed by atoms with van der Waals surface area (Å²) in [6, 6.07) is 5.18. The van der Waals surface area contributed by atoms with Crippen LogP contribution in [-0.2, 0) is 16.2 Å². The highest BCUT2D eigenvalue weighted by atomic mass is 28.3. The number of pyridine rings is 1. The normalized spacial score (nSPS) is 19.1. The minimum absolute atomic E-state index is 0.0242. The third-order valence-corrected chi connectivity index (χ3v) is 10.3. The van der Waals surface area contributed by atoms with Gasteiger partial charge in [0.05, 0.1) is 24.0 Å². The Morgan fingerprint density at radius 2 is 1.87 bits per heavy atom. The maximum absolute atomic E-state index is 13.7. The van der Waals surface area contributed by atoms with Gasteiger partial charge in [0, 0.05) is 58.0 Å². The van der Waals surface area contributed by atoms with Crippen molar-refractivity contribution in [2.45, 2.75) is 110 Å². The maximum Gasteiger partial charge on any atom is 0.410 e. The van der Waals surface area contributed by atoms with Gasteiger partial charge in [-0.05, 0) is 70.9 Å². The molecular weight excluding hydrogens is 629 g/mol. The molecule has 1 saturated carbocycles. The number of nitriles is 1. The molecule has 10 nitrogen and oxygen atoms in total. The predicted molar refractivity (Wildman–Crippen MR) is 177 cm³/mol. The first-order valence-electron chi connectivity index (χ1n) is 16.5. The second-order valence-corrected chi connectivity index (χ2v) is 20.6. The number of halogens is 3. The first-order chi connectivity index (χ1) is 22.0. The van der Waals surface area contributed by atoms with Gasteiger partial charge in [-0.15, -0.1) is 0 Å². The number of carbonyl (C=O) groups is 2. The van der Waals surface area contributed by atoms with Crippen molar-refractivity contribution in [3.05, 3.63) is 24.0 Å². The van der Waals surface area contributed by atoms with E-state index in [-0.39, 0.29) is 24.4 Å². The number of carbonyl (C=O) groups excluding carboxylic acids is 2. The molecule has 2 aliphatic rings. The van der Waals surface area contributed by atoms with E-state index in [0.717, 1.165) is 27.7 Å². The summed E-state index contributed by atoms with van der Waals surface area (Å²) in [4.78, 5) is 35.8. The summed E-state index contributed by atoms with van der Waals surface area (Å²) in [7, 11) is -1.24. The van der Waals surface area contributed by atoms with Gasteiger partial charge in [0.15, 0.2) is 0 Å². The summed E-state index contributed by atoms with van der Waals surface area (Å²) >= 11 is 0. The van der Waals surface area contributed by atoms with Crippen LogP contribution in [0, 0.1) is 17.2 Å². The van der Waals surface area contributed by atoms with Crippen molar-refractivity contribution in [2.75, 3.05) is 37.8 Å². The SMILES string of the molecule is CC(C)(C)OC(=O)N(CC(F)(F)F)C[C@H]1CC[C@H](N2CN(CCCC#N)C(=O)c3cnc4c(ccn4COCC[Si](C)(C)C)c32)CC1. The van der Waals surface area contributed by atoms with Crippen molar-refractivity contribution in [1.82, 2.24) is 19.4 Å². The molecule has 3 heterocycles. The molecule has 0 unspecified atom stereocenters. The molecule has 14 heteroatoms. The molecular formula is C33H49F3N6O4Si. The Hall–Kier alpha value is -3.31. The van der Waals surface area contributed by atoms with E-state index in [2.05, 4.69) is 35.6 Å². The van der Waals surface area contributed by atoms with E-state index in [9.17, 15) is 22.8 Å². The Kier molecular flexibility index (Phi) is 11.5. The number of anilines is 1. The number of aromatic nitrogens is 2. The van der Waals surface area contributed by atoms with Crippen molar-refractivity contribution >= 4 is 36.8 Å². The monoisotopic (exact) mass is 678 g/mol. The highest BCUT2D eigenvalue weighted by Gasteiger charge is 2.39. The number of ether oxygens (including phenoxy) is 2. The van der Waals surface area contributed by atoms with Crippen LogP contribution in [0.25, 0.3) is 11.0 Å². The zero-order valence-corrected chi connectivity index (χ0v) is 29.5. The summed E-state index contributed by atoms with van der Waals surface area (Å²) in [5.41, 5.74) is 1.13. The molecule has 260 valence electrons. The van der Waals surface area contributed by atoms with Crippen molar-refractivity contribution in [2.24, 2.45) is 5.92 Å². The molecule has 1 aliphatic heterocycles. The number of fused-ring (bicyclic) bond motifs is 3. The van der Waals surface area contributed by atoms with Crippen LogP contribution in [0.3, 0.4) is 0 Å². The van der Waals surface area contributed by atoms with Gasteiger partial charge in [0.2, 0.25) is 0 Å². The van der Waals surface area contributed by atoms with Crippen molar-refractivity contribution in [1.29, 1.82) is 5.26 Å². The van der Waals surface area contributed by atoms with Crippen molar-refractivity contribution in [3.8, 4) is 6.07 Å². The van der Waals surface area contributed by atoms with Gasteiger partial charge in [-0.3, -0.25) is 9.69 Å². The van der Waals surface area contributed by atoms with E-state index < -0.39 is 32.5 Å². The lowest BCUT2D eigenvalue weighted by atomic mass is 9.84. The second kappa shape index (κ2) is 14.8. The lowest BCUT2D eigenvalue weighted by molar-refractivity contribution is -0.146. The molecule has 1 aliphatic carbocycles. The number of unbranched alkanes of at least 4 members (excludes halogenated alkanes) is 1. The fourth-order valence-electron chi connectivity index (χ4n) is 6.24. The fraction of sp³-hybridized carbons (Fsp3) is 0.697. The summed E-state index contributed by atoms with van der Waals surface area (Å²) in [5.74, 6) is -0.248. The first kappa shape index (κ1) is 36.5. The minimum Gasteiger partial charge on any atom is -0.444 e. The molecule has 0 aromatic carbocycles. The average Bonchev–Trinajstić information content (AvgIpc) is 3.38. The highest BCUT2D eigenvalue weighted by Crippen LogP contribution is 2.40. The predicted octanol–water partition coefficient (Wildman–Crippen LogP) is 7.23. The number of hydrogen-bond acceptors (Lipinski definition) is 7. The van der Waals surface area contributed by atoms with Crippen LogP contribution in [0.4, 0.5) is 23.7 Å². The molecule has 0 spiro atoms. The van der Waals surface area contributed by atoms with Crippen LogP contribution in [-0.4, -0.2) is 90.2 Å². The Morgan fingerprint density at radius 1 is 1.17 bits per heavy atom. The summed E-state index contributed by atoms with van der Waals surface area (Å²) in [6.07, 6.45) is 1.56. The summed E-state index contributed by atoms with van der Waals surface area (Å²) in [6.45, 7) is 12.2. The highest BCUT2D eigenvalue weighted by molar-refractivity contribution is 6.76. The van der Waals surface area contributed by atoms with E-state index in [1.54, 1.807) is 31.9 Å². The maximum atomic E-state index is 13.7. The van der Waals surface area contributed by atoms with E-state index in [1.807, 2.05) is 16.8 Å². The Labute approximate surface area is 276 Å². The third-order valence-electron chi connectivity index (χ3n) is 8.59. The molecule has 2 aromatic rings. The van der Waals surface area contributed by atoms with E-state index in [0.29, 0.717) is 70.6 Å². The van der Waals surface area contributed by atoms with Crippen LogP contribution in [0.15, 0.2) is 18.5 Å². The average molecular weight is 679 g/mol. The van der Waals surface area contributed by atoms with E-state index >= 15 is 0 Å². The van der Waals surface area contributed by atoms with Gasteiger partial charge >= 0.3 is 12.3 Å². The van der Waals surface area contributed by atoms with E-state index in [4.69, 9.17) is 14.7 Å². The van der Waals surface area contributed by atoms with Crippen molar-refractivity contribution in [3.63, 3.8) is 0 Å². The molecule has 2 aromatic heterocycles. The number of hydrogen-bond donors (Lipinski definition) is 0. The third kappa shape index (κ3) is 10.1. The standard InChI is InChI=1S/C33H49F3N6O4Si/c1-32(2,3)46-31(44)41(21-33(34,35)36)20-24-9-11-25(12-10-24)42-22-39(15-8-7-14-37)30(43)27-19-38-29-26(28(27)42)13-16-40(29)23-45-17-18-47(4,5)6/h13,16,19,24-25H,7-12,15,17-18,20-23H2,1-6H3/t24-,25-. The Balaban J connectivity index is 1.54. The summed E-state index contributed by atoms with van der Waals surface area (Å²) < 4.78 is 53.5. The topological polar surface area (TPSA) is 104 Å². The van der Waals surface area contributed by atoms with Gasteiger partial charge in [-0.25, -0.2) is 9.78 Å². The minimum atomic E-state index is -4.54. The van der Waals surface area contributed by atoms with E-state index in [1.165, 1.54) is 0 Å². The molecule has 4 rings (SSSR count). The van der Waals surface area contributed by atoms with Crippen molar-refractivity contribution < 1.29 is 32.2 Å². The van der Waals surface area contributed by atoms with Gasteiger partial charge in [0.1, 0.15) is 24.5 Å².